The lowest BCUT2D eigenvalue weighted by Crippen LogP contribution is -2.47. The normalized spacial score (nSPS) is 16.2. The maximum atomic E-state index is 9.91. The van der Waals surface area contributed by atoms with E-state index in [1.54, 1.807) is 19.2 Å². The lowest BCUT2D eigenvalue weighted by atomic mass is 10.1. The van der Waals surface area contributed by atoms with Crippen LogP contribution < -0.4 is 25.2 Å². The number of aromatic nitrogens is 5. The van der Waals surface area contributed by atoms with Crippen LogP contribution in [0.15, 0.2) is 36.7 Å². The number of rotatable bonds is 6. The zero-order valence-corrected chi connectivity index (χ0v) is 22.4. The van der Waals surface area contributed by atoms with Crippen molar-refractivity contribution in [3.63, 3.8) is 0 Å². The van der Waals surface area contributed by atoms with Crippen molar-refractivity contribution >= 4 is 40.8 Å². The molecular formula is C26H30ClN9O3. The first-order valence-corrected chi connectivity index (χ1v) is 13.2. The molecule has 2 aliphatic rings. The molecule has 13 heteroatoms. The fourth-order valence-electron chi connectivity index (χ4n) is 5.00. The van der Waals surface area contributed by atoms with Gasteiger partial charge >= 0.3 is 0 Å². The quantitative estimate of drug-likeness (QED) is 0.365. The van der Waals surface area contributed by atoms with Gasteiger partial charge in [0, 0.05) is 69.0 Å². The Balaban J connectivity index is 1.18. The molecule has 12 nitrogen and oxygen atoms in total. The zero-order chi connectivity index (χ0) is 26.9. The second-order valence-electron chi connectivity index (χ2n) is 9.45. The van der Waals surface area contributed by atoms with Crippen LogP contribution in [-0.2, 0) is 11.3 Å². The van der Waals surface area contributed by atoms with E-state index in [0.29, 0.717) is 41.4 Å². The number of aliphatic hydroxyl groups excluding tert-OH is 1. The third-order valence-corrected chi connectivity index (χ3v) is 7.41. The number of hydrogen-bond donors (Lipinski definition) is 2. The van der Waals surface area contributed by atoms with Gasteiger partial charge in [0.15, 0.2) is 0 Å². The summed E-state index contributed by atoms with van der Waals surface area (Å²) in [7, 11) is 1.55. The molecule has 0 amide bonds. The van der Waals surface area contributed by atoms with Gasteiger partial charge in [-0.25, -0.2) is 4.98 Å². The maximum absolute atomic E-state index is 9.91. The van der Waals surface area contributed by atoms with E-state index >= 15 is 0 Å². The van der Waals surface area contributed by atoms with Gasteiger partial charge in [-0.3, -0.25) is 0 Å². The number of imidazole rings is 1. The topological polar surface area (TPSA) is 130 Å². The number of aliphatic hydroxyl groups is 1. The average molecular weight is 552 g/mol. The first-order valence-electron chi connectivity index (χ1n) is 12.8. The molecule has 0 radical (unpaired) electrons. The van der Waals surface area contributed by atoms with E-state index in [2.05, 4.69) is 36.8 Å². The van der Waals surface area contributed by atoms with Gasteiger partial charge < -0.3 is 39.4 Å². The third-order valence-electron chi connectivity index (χ3n) is 7.12. The number of pyridine rings is 1. The smallest absolute Gasteiger partial charge is 0.232 e. The minimum atomic E-state index is -0.146. The third kappa shape index (κ3) is 5.10. The van der Waals surface area contributed by atoms with Crippen molar-refractivity contribution in [2.45, 2.75) is 6.61 Å². The minimum absolute atomic E-state index is 0.146. The van der Waals surface area contributed by atoms with E-state index in [4.69, 9.17) is 36.8 Å². The first-order chi connectivity index (χ1) is 19.0. The van der Waals surface area contributed by atoms with Gasteiger partial charge in [0.05, 0.1) is 37.6 Å². The van der Waals surface area contributed by atoms with Crippen molar-refractivity contribution in [3.8, 4) is 17.0 Å². The Morgan fingerprint density at radius 1 is 0.949 bits per heavy atom. The van der Waals surface area contributed by atoms with Crippen LogP contribution in [0.4, 0.5) is 23.5 Å². The van der Waals surface area contributed by atoms with Gasteiger partial charge in [-0.05, 0) is 23.8 Å². The van der Waals surface area contributed by atoms with Crippen LogP contribution in [0.25, 0.3) is 16.9 Å². The molecule has 0 atom stereocenters. The number of nitrogen functional groups attached to an aromatic ring is 1. The second-order valence-corrected chi connectivity index (χ2v) is 9.85. The molecule has 39 heavy (non-hydrogen) atoms. The monoisotopic (exact) mass is 551 g/mol. The highest BCUT2D eigenvalue weighted by atomic mass is 35.5. The molecule has 2 aliphatic heterocycles. The van der Waals surface area contributed by atoms with Gasteiger partial charge in [0.1, 0.15) is 11.4 Å². The molecule has 3 N–H and O–H groups in total. The molecule has 0 saturated carbocycles. The Morgan fingerprint density at radius 2 is 1.64 bits per heavy atom. The van der Waals surface area contributed by atoms with Crippen LogP contribution in [0.5, 0.6) is 5.75 Å². The summed E-state index contributed by atoms with van der Waals surface area (Å²) in [5.74, 6) is 1.96. The predicted octanol–water partition coefficient (Wildman–Crippen LogP) is 2.09. The van der Waals surface area contributed by atoms with E-state index < -0.39 is 0 Å². The standard InChI is InChI=1S/C26H30ClN9O3/c1-38-22-12-17(16-37)19(14-20(22)27)21-15-36-3-2-18(13-23(36)29-21)33-4-6-34(7-5-33)25-30-24(28)31-26(32-25)35-8-10-39-11-9-35/h2-3,12-15,37H,4-11,16H2,1H3,(H2,28,30,31,32). The van der Waals surface area contributed by atoms with E-state index in [1.165, 1.54) is 0 Å². The van der Waals surface area contributed by atoms with Crippen molar-refractivity contribution < 1.29 is 14.6 Å². The Kier molecular flexibility index (Phi) is 6.98. The van der Waals surface area contributed by atoms with Gasteiger partial charge in [0.2, 0.25) is 17.8 Å². The van der Waals surface area contributed by atoms with E-state index in [9.17, 15) is 5.11 Å². The van der Waals surface area contributed by atoms with Gasteiger partial charge in [-0.15, -0.1) is 0 Å². The average Bonchev–Trinajstić information content (AvgIpc) is 3.40. The summed E-state index contributed by atoms with van der Waals surface area (Å²) in [5, 5.41) is 10.4. The van der Waals surface area contributed by atoms with Crippen molar-refractivity contribution in [3.05, 3.63) is 47.2 Å². The highest BCUT2D eigenvalue weighted by Crippen LogP contribution is 2.34. The number of anilines is 4. The first kappa shape index (κ1) is 25.4. The number of benzene rings is 1. The number of piperazine rings is 1. The fraction of sp³-hybridized carbons (Fsp3) is 0.385. The molecular weight excluding hydrogens is 522 g/mol. The van der Waals surface area contributed by atoms with Crippen LogP contribution in [0, 0.1) is 0 Å². The van der Waals surface area contributed by atoms with Crippen molar-refractivity contribution in [1.82, 2.24) is 24.3 Å². The highest BCUT2D eigenvalue weighted by molar-refractivity contribution is 6.32. The Bertz CT molecular complexity index is 1480. The molecule has 204 valence electrons. The molecule has 0 aliphatic carbocycles. The minimum Gasteiger partial charge on any atom is -0.495 e. The van der Waals surface area contributed by atoms with Gasteiger partial charge in [-0.1, -0.05) is 11.6 Å². The lowest BCUT2D eigenvalue weighted by Gasteiger charge is -2.36. The number of halogens is 1. The predicted molar refractivity (Wildman–Crippen MR) is 150 cm³/mol. The van der Waals surface area contributed by atoms with E-state index in [-0.39, 0.29) is 12.6 Å². The summed E-state index contributed by atoms with van der Waals surface area (Å²) >= 11 is 6.37. The van der Waals surface area contributed by atoms with E-state index in [0.717, 1.165) is 61.9 Å². The number of nitrogens with two attached hydrogens (primary N) is 1. The Labute approximate surface area is 230 Å². The van der Waals surface area contributed by atoms with Crippen LogP contribution in [0.1, 0.15) is 5.56 Å². The van der Waals surface area contributed by atoms with Crippen molar-refractivity contribution in [2.24, 2.45) is 0 Å². The summed E-state index contributed by atoms with van der Waals surface area (Å²) in [6, 6.07) is 7.68. The zero-order valence-electron chi connectivity index (χ0n) is 21.6. The molecule has 2 saturated heterocycles. The van der Waals surface area contributed by atoms with Crippen LogP contribution in [0.3, 0.4) is 0 Å². The lowest BCUT2D eigenvalue weighted by molar-refractivity contribution is 0.122. The molecule has 5 heterocycles. The number of hydrogen-bond acceptors (Lipinski definition) is 11. The summed E-state index contributed by atoms with van der Waals surface area (Å²) in [4.78, 5) is 24.8. The number of morpholine rings is 1. The molecule has 6 rings (SSSR count). The SMILES string of the molecule is COc1cc(CO)c(-c2cn3ccc(N4CCN(c5nc(N)nc(N6CCOCC6)n5)CC4)cc3n2)cc1Cl. The maximum Gasteiger partial charge on any atom is 0.232 e. The molecule has 0 spiro atoms. The second kappa shape index (κ2) is 10.7. The fourth-order valence-corrected chi connectivity index (χ4v) is 5.24. The van der Waals surface area contributed by atoms with Gasteiger partial charge in [0.25, 0.3) is 0 Å². The summed E-state index contributed by atoms with van der Waals surface area (Å²) < 4.78 is 12.7. The molecule has 3 aromatic heterocycles. The molecule has 1 aromatic carbocycles. The molecule has 4 aromatic rings. The number of ether oxygens (including phenoxy) is 2. The summed E-state index contributed by atoms with van der Waals surface area (Å²) in [6.07, 6.45) is 3.93. The van der Waals surface area contributed by atoms with Crippen molar-refractivity contribution in [1.29, 1.82) is 0 Å². The number of nitrogens with zero attached hydrogens (tertiary/aromatic N) is 8. The molecule has 0 bridgehead atoms. The number of fused-ring (bicyclic) bond motifs is 1. The van der Waals surface area contributed by atoms with E-state index in [1.807, 2.05) is 16.8 Å². The summed E-state index contributed by atoms with van der Waals surface area (Å²) in [5.41, 5.74) is 10.1. The Hall–Kier alpha value is -3.87. The van der Waals surface area contributed by atoms with Crippen LogP contribution in [0.2, 0.25) is 5.02 Å². The molecule has 2 fully saturated rings. The summed E-state index contributed by atoms with van der Waals surface area (Å²) in [6.45, 7) is 5.73. The largest absolute Gasteiger partial charge is 0.495 e. The molecule has 0 unspecified atom stereocenters. The van der Waals surface area contributed by atoms with Gasteiger partial charge in [-0.2, -0.15) is 15.0 Å². The highest BCUT2D eigenvalue weighted by Gasteiger charge is 2.23. The Morgan fingerprint density at radius 3 is 2.33 bits per heavy atom. The van der Waals surface area contributed by atoms with Crippen LogP contribution >= 0.6 is 11.6 Å². The van der Waals surface area contributed by atoms with Crippen LogP contribution in [-0.4, -0.2) is 89.0 Å². The number of methoxy groups -OCH3 is 1. The van der Waals surface area contributed by atoms with Crippen molar-refractivity contribution in [2.75, 3.05) is 80.0 Å².